The summed E-state index contributed by atoms with van der Waals surface area (Å²) in [6.07, 6.45) is 2.99. The number of aromatic nitrogens is 3. The summed E-state index contributed by atoms with van der Waals surface area (Å²) in [5, 5.41) is 11.6. The Kier molecular flexibility index (Phi) is 5.94. The van der Waals surface area contributed by atoms with Crippen molar-refractivity contribution in [3.05, 3.63) is 33.5 Å². The van der Waals surface area contributed by atoms with E-state index in [0.29, 0.717) is 6.04 Å². The third-order valence-corrected chi connectivity index (χ3v) is 4.60. The van der Waals surface area contributed by atoms with Gasteiger partial charge in [-0.25, -0.2) is 4.98 Å². The largest absolute Gasteiger partial charge is 0.313 e. The number of nitrogens with zero attached hydrogens (tertiary/aromatic N) is 3. The van der Waals surface area contributed by atoms with E-state index in [4.69, 9.17) is 0 Å². The second-order valence-corrected chi connectivity index (χ2v) is 6.28. The quantitative estimate of drug-likeness (QED) is 0.815. The van der Waals surface area contributed by atoms with Gasteiger partial charge in [0, 0.05) is 42.2 Å². The van der Waals surface area contributed by atoms with Crippen molar-refractivity contribution < 1.29 is 0 Å². The van der Waals surface area contributed by atoms with Crippen LogP contribution in [-0.4, -0.2) is 27.4 Å². The molecule has 1 N–H and O–H groups in total. The minimum Gasteiger partial charge on any atom is -0.313 e. The van der Waals surface area contributed by atoms with Crippen LogP contribution in [0.3, 0.4) is 0 Å². The summed E-state index contributed by atoms with van der Waals surface area (Å²) < 4.78 is 2.14. The van der Waals surface area contributed by atoms with Crippen LogP contribution in [0.15, 0.2) is 11.4 Å². The molecule has 5 heteroatoms. The van der Waals surface area contributed by atoms with E-state index in [9.17, 15) is 0 Å². The molecule has 0 aliphatic carbocycles. The third kappa shape index (κ3) is 4.38. The van der Waals surface area contributed by atoms with Gasteiger partial charge in [0.15, 0.2) is 0 Å². The topological polar surface area (TPSA) is 42.7 Å². The van der Waals surface area contributed by atoms with Gasteiger partial charge in [-0.3, -0.25) is 4.68 Å². The van der Waals surface area contributed by atoms with Crippen LogP contribution in [0.4, 0.5) is 0 Å². The van der Waals surface area contributed by atoms with Gasteiger partial charge in [0.25, 0.3) is 0 Å². The predicted octanol–water partition coefficient (Wildman–Crippen LogP) is 2.99. The number of likely N-dealkylation sites (N-methyl/N-ethyl adjacent to an activating group) is 1. The molecular weight excluding hydrogens is 280 g/mol. The zero-order chi connectivity index (χ0) is 15.2. The molecule has 0 radical (unpaired) electrons. The SMILES string of the molecule is CCNC(Cc1nc(C)cs1)Cc1cc(CC)nn1CC. The molecule has 2 heterocycles. The molecule has 2 aromatic rings. The highest BCUT2D eigenvalue weighted by Gasteiger charge is 2.15. The molecule has 1 unspecified atom stereocenters. The van der Waals surface area contributed by atoms with E-state index in [-0.39, 0.29) is 0 Å². The van der Waals surface area contributed by atoms with E-state index in [1.54, 1.807) is 11.3 Å². The summed E-state index contributed by atoms with van der Waals surface area (Å²) in [7, 11) is 0. The average molecular weight is 306 g/mol. The first-order chi connectivity index (χ1) is 10.2. The van der Waals surface area contributed by atoms with Gasteiger partial charge >= 0.3 is 0 Å². The standard InChI is InChI=1S/C16H26N4S/c1-5-13-8-15(20(7-3)19-13)9-14(17-6-2)10-16-18-12(4)11-21-16/h8,11,14,17H,5-7,9-10H2,1-4H3. The molecule has 0 aliphatic rings. The number of thiazole rings is 1. The molecule has 4 nitrogen and oxygen atoms in total. The number of hydrogen-bond acceptors (Lipinski definition) is 4. The maximum atomic E-state index is 4.65. The Morgan fingerprint density at radius 2 is 2.10 bits per heavy atom. The fourth-order valence-electron chi connectivity index (χ4n) is 2.59. The second kappa shape index (κ2) is 7.71. The zero-order valence-electron chi connectivity index (χ0n) is 13.5. The molecule has 0 spiro atoms. The number of hydrogen-bond donors (Lipinski definition) is 1. The maximum Gasteiger partial charge on any atom is 0.0943 e. The van der Waals surface area contributed by atoms with Crippen molar-refractivity contribution >= 4 is 11.3 Å². The van der Waals surface area contributed by atoms with Crippen molar-refractivity contribution in [1.29, 1.82) is 0 Å². The zero-order valence-corrected chi connectivity index (χ0v) is 14.3. The monoisotopic (exact) mass is 306 g/mol. The molecule has 1 atom stereocenters. The van der Waals surface area contributed by atoms with Crippen LogP contribution in [-0.2, 0) is 25.8 Å². The van der Waals surface area contributed by atoms with Gasteiger partial charge in [0.05, 0.1) is 10.7 Å². The molecular formula is C16H26N4S. The van der Waals surface area contributed by atoms with Crippen LogP contribution in [0.2, 0.25) is 0 Å². The first-order valence-electron chi connectivity index (χ1n) is 7.86. The van der Waals surface area contributed by atoms with Gasteiger partial charge in [0.1, 0.15) is 0 Å². The van der Waals surface area contributed by atoms with Crippen LogP contribution in [0, 0.1) is 6.92 Å². The van der Waals surface area contributed by atoms with E-state index in [0.717, 1.165) is 38.0 Å². The first-order valence-corrected chi connectivity index (χ1v) is 8.74. The second-order valence-electron chi connectivity index (χ2n) is 5.34. The van der Waals surface area contributed by atoms with Crippen molar-refractivity contribution in [3.63, 3.8) is 0 Å². The summed E-state index contributed by atoms with van der Waals surface area (Å²) in [6, 6.07) is 2.67. The predicted molar refractivity (Wildman–Crippen MR) is 89.0 cm³/mol. The first kappa shape index (κ1) is 16.2. The molecule has 0 fully saturated rings. The lowest BCUT2D eigenvalue weighted by Gasteiger charge is -2.17. The highest BCUT2D eigenvalue weighted by molar-refractivity contribution is 7.09. The van der Waals surface area contributed by atoms with Crippen LogP contribution < -0.4 is 5.32 Å². The fourth-order valence-corrected chi connectivity index (χ4v) is 3.44. The normalized spacial score (nSPS) is 12.8. The Bertz CT molecular complexity index is 558. The van der Waals surface area contributed by atoms with Crippen molar-refractivity contribution in [2.75, 3.05) is 6.54 Å². The molecule has 0 bridgehead atoms. The highest BCUT2D eigenvalue weighted by atomic mass is 32.1. The lowest BCUT2D eigenvalue weighted by Crippen LogP contribution is -2.33. The van der Waals surface area contributed by atoms with Gasteiger partial charge in [0.2, 0.25) is 0 Å². The van der Waals surface area contributed by atoms with Crippen molar-refractivity contribution in [3.8, 4) is 0 Å². The molecule has 0 saturated heterocycles. The highest BCUT2D eigenvalue weighted by Crippen LogP contribution is 2.15. The van der Waals surface area contributed by atoms with E-state index >= 15 is 0 Å². The molecule has 2 rings (SSSR count). The summed E-state index contributed by atoms with van der Waals surface area (Å²) in [5.74, 6) is 0. The van der Waals surface area contributed by atoms with Crippen LogP contribution in [0.25, 0.3) is 0 Å². The molecule has 0 aromatic carbocycles. The van der Waals surface area contributed by atoms with E-state index in [1.165, 1.54) is 16.4 Å². The van der Waals surface area contributed by atoms with Gasteiger partial charge in [-0.1, -0.05) is 13.8 Å². The van der Waals surface area contributed by atoms with E-state index < -0.39 is 0 Å². The van der Waals surface area contributed by atoms with E-state index in [1.807, 2.05) is 0 Å². The fraction of sp³-hybridized carbons (Fsp3) is 0.625. The molecule has 21 heavy (non-hydrogen) atoms. The maximum absolute atomic E-state index is 4.65. The van der Waals surface area contributed by atoms with Gasteiger partial charge < -0.3 is 5.32 Å². The number of rotatable bonds is 8. The lowest BCUT2D eigenvalue weighted by molar-refractivity contribution is 0.494. The van der Waals surface area contributed by atoms with E-state index in [2.05, 4.69) is 59.2 Å². The lowest BCUT2D eigenvalue weighted by atomic mass is 10.1. The Hall–Kier alpha value is -1.20. The van der Waals surface area contributed by atoms with Crippen molar-refractivity contribution in [1.82, 2.24) is 20.1 Å². The minimum absolute atomic E-state index is 0.423. The van der Waals surface area contributed by atoms with Crippen molar-refractivity contribution in [2.24, 2.45) is 0 Å². The summed E-state index contributed by atoms with van der Waals surface area (Å²) >= 11 is 1.76. The molecule has 116 valence electrons. The van der Waals surface area contributed by atoms with Gasteiger partial charge in [-0.2, -0.15) is 5.10 Å². The molecule has 2 aromatic heterocycles. The third-order valence-electron chi connectivity index (χ3n) is 3.61. The molecule has 0 aliphatic heterocycles. The van der Waals surface area contributed by atoms with Gasteiger partial charge in [-0.15, -0.1) is 11.3 Å². The Labute approximate surface area is 131 Å². The average Bonchev–Trinajstić information content (AvgIpc) is 3.05. The molecule has 0 saturated carbocycles. The summed E-state index contributed by atoms with van der Waals surface area (Å²) in [4.78, 5) is 4.59. The van der Waals surface area contributed by atoms with Gasteiger partial charge in [-0.05, 0) is 32.9 Å². The number of aryl methyl sites for hydroxylation is 3. The Morgan fingerprint density at radius 1 is 1.29 bits per heavy atom. The Morgan fingerprint density at radius 3 is 2.67 bits per heavy atom. The smallest absolute Gasteiger partial charge is 0.0943 e. The number of nitrogens with one attached hydrogen (secondary N) is 1. The minimum atomic E-state index is 0.423. The van der Waals surface area contributed by atoms with Crippen LogP contribution in [0.1, 0.15) is 42.9 Å². The van der Waals surface area contributed by atoms with Crippen LogP contribution in [0.5, 0.6) is 0 Å². The van der Waals surface area contributed by atoms with Crippen LogP contribution >= 0.6 is 11.3 Å². The van der Waals surface area contributed by atoms with Crippen molar-refractivity contribution in [2.45, 2.75) is 59.5 Å². The summed E-state index contributed by atoms with van der Waals surface area (Å²) in [6.45, 7) is 10.5. The summed E-state index contributed by atoms with van der Waals surface area (Å²) in [5.41, 5.74) is 3.64. The molecule has 0 amide bonds. The Balaban J connectivity index is 2.09.